The number of hydrogen-bond donors (Lipinski definition) is 1. The standard InChI is InChI=1S/C20H22N2O3/c1-14-4-2-3-5-18(14)25-13-19(23)22(17-10-11-17)12-15-6-8-16(9-7-15)20(21)24/h2-9,17H,10-13H2,1H3,(H2,21,24). The molecule has 1 saturated carbocycles. The van der Waals surface area contributed by atoms with Gasteiger partial charge in [-0.05, 0) is 49.1 Å². The molecular weight excluding hydrogens is 316 g/mol. The lowest BCUT2D eigenvalue weighted by molar-refractivity contribution is -0.134. The Morgan fingerprint density at radius 1 is 1.12 bits per heavy atom. The molecule has 2 amide bonds. The molecule has 130 valence electrons. The fourth-order valence-electron chi connectivity index (χ4n) is 2.72. The second kappa shape index (κ2) is 7.38. The molecule has 0 saturated heterocycles. The van der Waals surface area contributed by atoms with Crippen LogP contribution in [0.15, 0.2) is 48.5 Å². The molecule has 3 rings (SSSR count). The number of carbonyl (C=O) groups excluding carboxylic acids is 2. The molecule has 0 spiro atoms. The first-order chi connectivity index (χ1) is 12.0. The van der Waals surface area contributed by atoms with E-state index in [0.717, 1.165) is 29.7 Å². The summed E-state index contributed by atoms with van der Waals surface area (Å²) in [4.78, 5) is 25.6. The van der Waals surface area contributed by atoms with Crippen LogP contribution in [0, 0.1) is 6.92 Å². The lowest BCUT2D eigenvalue weighted by Crippen LogP contribution is -2.36. The Hall–Kier alpha value is -2.82. The zero-order valence-electron chi connectivity index (χ0n) is 14.3. The molecule has 2 N–H and O–H groups in total. The lowest BCUT2D eigenvalue weighted by Gasteiger charge is -2.23. The van der Waals surface area contributed by atoms with Crippen molar-refractivity contribution < 1.29 is 14.3 Å². The molecule has 0 aromatic heterocycles. The van der Waals surface area contributed by atoms with Gasteiger partial charge in [0.2, 0.25) is 5.91 Å². The van der Waals surface area contributed by atoms with Gasteiger partial charge >= 0.3 is 0 Å². The van der Waals surface area contributed by atoms with Gasteiger partial charge in [0.15, 0.2) is 6.61 Å². The molecule has 0 radical (unpaired) electrons. The van der Waals surface area contributed by atoms with Gasteiger partial charge in [-0.3, -0.25) is 9.59 Å². The average molecular weight is 338 g/mol. The largest absolute Gasteiger partial charge is 0.484 e. The van der Waals surface area contributed by atoms with Gasteiger partial charge in [0.25, 0.3) is 5.91 Å². The van der Waals surface area contributed by atoms with Crippen LogP contribution >= 0.6 is 0 Å². The van der Waals surface area contributed by atoms with Gasteiger partial charge in [0.05, 0.1) is 0 Å². The number of rotatable bonds is 7. The topological polar surface area (TPSA) is 72.6 Å². The van der Waals surface area contributed by atoms with E-state index in [-0.39, 0.29) is 18.6 Å². The molecule has 0 bridgehead atoms. The van der Waals surface area contributed by atoms with Crippen LogP contribution in [-0.4, -0.2) is 29.4 Å². The van der Waals surface area contributed by atoms with E-state index in [0.29, 0.717) is 12.1 Å². The maximum atomic E-state index is 12.6. The van der Waals surface area contributed by atoms with E-state index in [4.69, 9.17) is 10.5 Å². The van der Waals surface area contributed by atoms with Gasteiger partial charge in [0.1, 0.15) is 5.75 Å². The molecule has 5 heteroatoms. The molecule has 0 aliphatic heterocycles. The smallest absolute Gasteiger partial charge is 0.261 e. The molecule has 2 aromatic rings. The Labute approximate surface area is 147 Å². The Morgan fingerprint density at radius 2 is 1.80 bits per heavy atom. The van der Waals surface area contributed by atoms with Crippen LogP contribution in [0.3, 0.4) is 0 Å². The van der Waals surface area contributed by atoms with Crippen molar-refractivity contribution in [3.63, 3.8) is 0 Å². The van der Waals surface area contributed by atoms with Crippen LogP contribution in [0.5, 0.6) is 5.75 Å². The SMILES string of the molecule is Cc1ccccc1OCC(=O)N(Cc1ccc(C(N)=O)cc1)C1CC1. The number of amides is 2. The minimum atomic E-state index is -0.451. The summed E-state index contributed by atoms with van der Waals surface area (Å²) < 4.78 is 5.69. The van der Waals surface area contributed by atoms with Crippen LogP contribution < -0.4 is 10.5 Å². The van der Waals surface area contributed by atoms with Gasteiger partial charge in [0, 0.05) is 18.2 Å². The van der Waals surface area contributed by atoms with Crippen molar-refractivity contribution in [3.05, 3.63) is 65.2 Å². The molecular formula is C20H22N2O3. The van der Waals surface area contributed by atoms with Gasteiger partial charge in [-0.2, -0.15) is 0 Å². The van der Waals surface area contributed by atoms with Gasteiger partial charge in [-0.25, -0.2) is 0 Å². The molecule has 0 atom stereocenters. The molecule has 25 heavy (non-hydrogen) atoms. The second-order valence-electron chi connectivity index (χ2n) is 6.37. The summed E-state index contributed by atoms with van der Waals surface area (Å²) in [6.07, 6.45) is 2.05. The number of primary amides is 1. The maximum absolute atomic E-state index is 12.6. The number of aryl methyl sites for hydroxylation is 1. The fraction of sp³-hybridized carbons (Fsp3) is 0.300. The molecule has 1 fully saturated rings. The predicted octanol–water partition coefficient (Wildman–Crippen LogP) is 2.66. The van der Waals surface area contributed by atoms with E-state index in [1.54, 1.807) is 12.1 Å². The molecule has 1 aliphatic rings. The third kappa shape index (κ3) is 4.38. The van der Waals surface area contributed by atoms with Crippen LogP contribution in [-0.2, 0) is 11.3 Å². The predicted molar refractivity (Wildman–Crippen MR) is 95.2 cm³/mol. The van der Waals surface area contributed by atoms with Crippen LogP contribution in [0.25, 0.3) is 0 Å². The zero-order chi connectivity index (χ0) is 17.8. The van der Waals surface area contributed by atoms with Crippen LogP contribution in [0.4, 0.5) is 0 Å². The number of ether oxygens (including phenoxy) is 1. The lowest BCUT2D eigenvalue weighted by atomic mass is 10.1. The minimum Gasteiger partial charge on any atom is -0.484 e. The first kappa shape index (κ1) is 17.0. The highest BCUT2D eigenvalue weighted by Crippen LogP contribution is 2.29. The number of nitrogens with zero attached hydrogens (tertiary/aromatic N) is 1. The van der Waals surface area contributed by atoms with E-state index < -0.39 is 5.91 Å². The van der Waals surface area contributed by atoms with Gasteiger partial charge in [-0.15, -0.1) is 0 Å². The van der Waals surface area contributed by atoms with E-state index in [9.17, 15) is 9.59 Å². The Balaban J connectivity index is 1.63. The van der Waals surface area contributed by atoms with Crippen molar-refractivity contribution in [1.29, 1.82) is 0 Å². The molecule has 1 aliphatic carbocycles. The highest BCUT2D eigenvalue weighted by Gasteiger charge is 2.32. The Bertz CT molecular complexity index is 767. The summed E-state index contributed by atoms with van der Waals surface area (Å²) in [5.41, 5.74) is 7.71. The third-order valence-corrected chi connectivity index (χ3v) is 4.34. The van der Waals surface area contributed by atoms with E-state index >= 15 is 0 Å². The number of hydrogen-bond acceptors (Lipinski definition) is 3. The van der Waals surface area contributed by atoms with E-state index in [1.807, 2.05) is 48.2 Å². The summed E-state index contributed by atoms with van der Waals surface area (Å²) in [7, 11) is 0. The number of benzene rings is 2. The number of para-hydroxylation sites is 1. The second-order valence-corrected chi connectivity index (χ2v) is 6.37. The monoisotopic (exact) mass is 338 g/mol. The van der Waals surface area contributed by atoms with Crippen molar-refractivity contribution in [1.82, 2.24) is 4.90 Å². The first-order valence-electron chi connectivity index (χ1n) is 8.41. The molecule has 2 aromatic carbocycles. The summed E-state index contributed by atoms with van der Waals surface area (Å²) in [6, 6.07) is 15.0. The van der Waals surface area contributed by atoms with Crippen molar-refractivity contribution >= 4 is 11.8 Å². The zero-order valence-corrected chi connectivity index (χ0v) is 14.3. The quantitative estimate of drug-likeness (QED) is 0.843. The minimum absolute atomic E-state index is 0.0234. The Morgan fingerprint density at radius 3 is 2.40 bits per heavy atom. The van der Waals surface area contributed by atoms with Crippen LogP contribution in [0.2, 0.25) is 0 Å². The number of nitrogens with two attached hydrogens (primary N) is 1. The number of carbonyl (C=O) groups is 2. The van der Waals surface area contributed by atoms with Crippen molar-refractivity contribution in [2.45, 2.75) is 32.4 Å². The van der Waals surface area contributed by atoms with E-state index in [2.05, 4.69) is 0 Å². The molecule has 5 nitrogen and oxygen atoms in total. The fourth-order valence-corrected chi connectivity index (χ4v) is 2.72. The summed E-state index contributed by atoms with van der Waals surface area (Å²) in [6.45, 7) is 2.50. The molecule has 0 heterocycles. The first-order valence-corrected chi connectivity index (χ1v) is 8.41. The van der Waals surface area contributed by atoms with E-state index in [1.165, 1.54) is 0 Å². The van der Waals surface area contributed by atoms with Crippen molar-refractivity contribution in [2.24, 2.45) is 5.73 Å². The van der Waals surface area contributed by atoms with Gasteiger partial charge in [-0.1, -0.05) is 30.3 Å². The van der Waals surface area contributed by atoms with Crippen molar-refractivity contribution in [2.75, 3.05) is 6.61 Å². The summed E-state index contributed by atoms with van der Waals surface area (Å²) in [5, 5.41) is 0. The average Bonchev–Trinajstić information content (AvgIpc) is 3.44. The summed E-state index contributed by atoms with van der Waals surface area (Å²) >= 11 is 0. The summed E-state index contributed by atoms with van der Waals surface area (Å²) in [5.74, 6) is 0.260. The highest BCUT2D eigenvalue weighted by atomic mass is 16.5. The molecule has 0 unspecified atom stereocenters. The Kier molecular flexibility index (Phi) is 5.03. The normalized spacial score (nSPS) is 13.3. The maximum Gasteiger partial charge on any atom is 0.261 e. The van der Waals surface area contributed by atoms with Crippen LogP contribution in [0.1, 0.15) is 34.3 Å². The van der Waals surface area contributed by atoms with Gasteiger partial charge < -0.3 is 15.4 Å². The van der Waals surface area contributed by atoms with Crippen molar-refractivity contribution in [3.8, 4) is 5.75 Å². The third-order valence-electron chi connectivity index (χ3n) is 4.34. The highest BCUT2D eigenvalue weighted by molar-refractivity contribution is 5.92.